The maximum absolute atomic E-state index is 14.1. The highest BCUT2D eigenvalue weighted by Crippen LogP contribution is 2.70. The van der Waals surface area contributed by atoms with Gasteiger partial charge in [-0.05, 0) is 65.8 Å². The van der Waals surface area contributed by atoms with Gasteiger partial charge in [0.25, 0.3) is 0 Å². The van der Waals surface area contributed by atoms with Crippen LogP contribution in [0.25, 0.3) is 0 Å². The monoisotopic (exact) mass is 516 g/mol. The number of hydrogen-bond acceptors (Lipinski definition) is 6. The van der Waals surface area contributed by atoms with Gasteiger partial charge < -0.3 is 15.3 Å². The van der Waals surface area contributed by atoms with Gasteiger partial charge in [-0.25, -0.2) is 0 Å². The molecular formula is C30H44O7. The van der Waals surface area contributed by atoms with Crippen LogP contribution in [0, 0.1) is 45.3 Å². The minimum absolute atomic E-state index is 0.00871. The van der Waals surface area contributed by atoms with Crippen LogP contribution in [-0.4, -0.2) is 50.8 Å². The highest BCUT2D eigenvalue weighted by Gasteiger charge is 2.70. The Morgan fingerprint density at radius 2 is 1.65 bits per heavy atom. The van der Waals surface area contributed by atoms with Crippen LogP contribution in [0.1, 0.15) is 93.4 Å². The Bertz CT molecular complexity index is 1070. The molecular weight excluding hydrogens is 472 g/mol. The van der Waals surface area contributed by atoms with Crippen LogP contribution in [0.15, 0.2) is 11.1 Å². The number of aliphatic hydroxyl groups is 2. The summed E-state index contributed by atoms with van der Waals surface area (Å²) in [7, 11) is 0. The first-order valence-corrected chi connectivity index (χ1v) is 13.8. The molecule has 7 heteroatoms. The molecule has 0 amide bonds. The zero-order valence-corrected chi connectivity index (χ0v) is 23.4. The smallest absolute Gasteiger partial charge is 0.306 e. The summed E-state index contributed by atoms with van der Waals surface area (Å²) in [6.45, 7) is 13.4. The van der Waals surface area contributed by atoms with Crippen molar-refractivity contribution in [2.24, 2.45) is 45.3 Å². The van der Waals surface area contributed by atoms with Crippen molar-refractivity contribution in [3.8, 4) is 0 Å². The molecule has 3 N–H and O–H groups in total. The Morgan fingerprint density at radius 1 is 1.03 bits per heavy atom. The summed E-state index contributed by atoms with van der Waals surface area (Å²) >= 11 is 0. The van der Waals surface area contributed by atoms with Gasteiger partial charge >= 0.3 is 5.97 Å². The molecule has 7 nitrogen and oxygen atoms in total. The number of fused-ring (bicyclic) bond motifs is 4. The van der Waals surface area contributed by atoms with E-state index >= 15 is 0 Å². The predicted octanol–water partition coefficient (Wildman–Crippen LogP) is 4.13. The normalized spacial score (nSPS) is 42.5. The Hall–Kier alpha value is -1.86. The van der Waals surface area contributed by atoms with Crippen molar-refractivity contribution in [1.29, 1.82) is 0 Å². The number of carbonyl (C=O) groups excluding carboxylic acids is 3. The fourth-order valence-electron chi connectivity index (χ4n) is 9.12. The molecule has 206 valence electrons. The van der Waals surface area contributed by atoms with Gasteiger partial charge in [0.05, 0.1) is 23.5 Å². The van der Waals surface area contributed by atoms with Crippen molar-refractivity contribution < 1.29 is 34.5 Å². The van der Waals surface area contributed by atoms with Crippen LogP contribution in [-0.2, 0) is 19.2 Å². The molecule has 0 radical (unpaired) electrons. The predicted molar refractivity (Wildman–Crippen MR) is 137 cm³/mol. The van der Waals surface area contributed by atoms with E-state index in [0.29, 0.717) is 30.4 Å². The first-order valence-electron chi connectivity index (χ1n) is 13.8. The Balaban J connectivity index is 1.74. The summed E-state index contributed by atoms with van der Waals surface area (Å²) < 4.78 is 0. The summed E-state index contributed by atoms with van der Waals surface area (Å²) in [6, 6.07) is 0. The van der Waals surface area contributed by atoms with Crippen molar-refractivity contribution in [1.82, 2.24) is 0 Å². The zero-order chi connectivity index (χ0) is 27.9. The number of carboxylic acids is 1. The van der Waals surface area contributed by atoms with Crippen molar-refractivity contribution in [3.05, 3.63) is 11.1 Å². The number of aliphatic carboxylic acids is 1. The van der Waals surface area contributed by atoms with E-state index in [2.05, 4.69) is 6.92 Å². The van der Waals surface area contributed by atoms with E-state index < -0.39 is 45.8 Å². The largest absolute Gasteiger partial charge is 0.481 e. The molecule has 0 saturated heterocycles. The molecule has 0 unspecified atom stereocenters. The van der Waals surface area contributed by atoms with Crippen LogP contribution in [0.3, 0.4) is 0 Å². The van der Waals surface area contributed by atoms with Gasteiger partial charge in [-0.2, -0.15) is 0 Å². The molecule has 2 saturated carbocycles. The molecule has 0 bridgehead atoms. The van der Waals surface area contributed by atoms with Crippen molar-refractivity contribution in [2.45, 2.75) is 106 Å². The number of aliphatic hydroxyl groups excluding tert-OH is 2. The van der Waals surface area contributed by atoms with Gasteiger partial charge in [0.15, 0.2) is 5.78 Å². The van der Waals surface area contributed by atoms with E-state index in [1.54, 1.807) is 0 Å². The molecule has 2 fully saturated rings. The number of rotatable bonds is 6. The van der Waals surface area contributed by atoms with E-state index in [0.717, 1.165) is 0 Å². The molecule has 0 aliphatic heterocycles. The highest BCUT2D eigenvalue weighted by molar-refractivity contribution is 6.05. The van der Waals surface area contributed by atoms with Crippen molar-refractivity contribution in [2.75, 3.05) is 0 Å². The lowest BCUT2D eigenvalue weighted by Crippen LogP contribution is -2.60. The third-order valence-electron chi connectivity index (χ3n) is 11.6. The summed E-state index contributed by atoms with van der Waals surface area (Å²) in [4.78, 5) is 51.9. The number of carbonyl (C=O) groups is 4. The first-order chi connectivity index (χ1) is 16.9. The number of allylic oxidation sites excluding steroid dienone is 1. The second kappa shape index (κ2) is 8.84. The molecule has 0 aromatic heterocycles. The minimum atomic E-state index is -1.01. The SMILES string of the molecule is C[C@H](CC(=O)C[C@H](C)[C@@H]1CC(=O)[C@]2(C)C3=C(C(=O)C[C@]12C)[C@]1(C)CC[C@H](O)C(C)(C)[C@@H]1C[C@H]3O)C(=O)O. The molecule has 4 aliphatic carbocycles. The molecule has 9 atom stereocenters. The second-order valence-electron chi connectivity index (χ2n) is 13.9. The maximum Gasteiger partial charge on any atom is 0.306 e. The Labute approximate surface area is 220 Å². The quantitative estimate of drug-likeness (QED) is 0.484. The number of carboxylic acid groups (broad SMARTS) is 1. The summed E-state index contributed by atoms with van der Waals surface area (Å²) in [5, 5.41) is 31.6. The lowest BCUT2D eigenvalue weighted by molar-refractivity contribution is -0.144. The van der Waals surface area contributed by atoms with E-state index in [9.17, 15) is 34.5 Å². The third-order valence-corrected chi connectivity index (χ3v) is 11.6. The van der Waals surface area contributed by atoms with Gasteiger partial charge in [0.1, 0.15) is 11.6 Å². The van der Waals surface area contributed by atoms with Gasteiger partial charge in [-0.1, -0.05) is 41.5 Å². The van der Waals surface area contributed by atoms with Crippen LogP contribution >= 0.6 is 0 Å². The van der Waals surface area contributed by atoms with Crippen LogP contribution in [0.4, 0.5) is 0 Å². The fraction of sp³-hybridized carbons (Fsp3) is 0.800. The Kier molecular flexibility index (Phi) is 6.72. The standard InChI is InChI=1S/C30H44O7/c1-15(10-17(31)11-16(2)26(36)37)18-12-23(35)30(7)25-19(32)13-21-27(3,4)22(34)8-9-28(21,5)24(25)20(33)14-29(18,30)6/h15-16,18-19,21-22,32,34H,8-14H2,1-7H3,(H,36,37)/t15-,16+,18-,19+,21-,22-,28+,29+,30+/m0/s1. The van der Waals surface area contributed by atoms with Gasteiger partial charge in [-0.15, -0.1) is 0 Å². The first kappa shape index (κ1) is 28.2. The van der Waals surface area contributed by atoms with Gasteiger partial charge in [0.2, 0.25) is 0 Å². The van der Waals surface area contributed by atoms with Crippen LogP contribution < -0.4 is 0 Å². The molecule has 4 aliphatic rings. The van der Waals surface area contributed by atoms with Gasteiger partial charge in [0, 0.05) is 31.3 Å². The fourth-order valence-corrected chi connectivity index (χ4v) is 9.12. The lowest BCUT2D eigenvalue weighted by Gasteiger charge is -2.61. The van der Waals surface area contributed by atoms with Crippen molar-refractivity contribution >= 4 is 23.3 Å². The minimum Gasteiger partial charge on any atom is -0.481 e. The average Bonchev–Trinajstić information content (AvgIpc) is 2.99. The van der Waals surface area contributed by atoms with E-state index in [1.807, 2.05) is 34.6 Å². The number of ketones is 3. The topological polar surface area (TPSA) is 129 Å². The number of hydrogen-bond donors (Lipinski definition) is 3. The van der Waals surface area contributed by atoms with Crippen LogP contribution in [0.2, 0.25) is 0 Å². The third kappa shape index (κ3) is 3.82. The van der Waals surface area contributed by atoms with Crippen LogP contribution in [0.5, 0.6) is 0 Å². The summed E-state index contributed by atoms with van der Waals surface area (Å²) in [5.74, 6) is -2.45. The second-order valence-corrected chi connectivity index (χ2v) is 13.9. The van der Waals surface area contributed by atoms with E-state index in [1.165, 1.54) is 6.92 Å². The molecule has 0 aromatic rings. The maximum atomic E-state index is 14.1. The zero-order valence-electron chi connectivity index (χ0n) is 23.4. The lowest BCUT2D eigenvalue weighted by atomic mass is 9.42. The van der Waals surface area contributed by atoms with Gasteiger partial charge in [-0.3, -0.25) is 19.2 Å². The molecule has 0 heterocycles. The highest BCUT2D eigenvalue weighted by atomic mass is 16.4. The average molecular weight is 517 g/mol. The molecule has 4 rings (SSSR count). The molecule has 0 spiro atoms. The summed E-state index contributed by atoms with van der Waals surface area (Å²) in [6.07, 6.45) is 0.671. The Morgan fingerprint density at radius 3 is 2.24 bits per heavy atom. The summed E-state index contributed by atoms with van der Waals surface area (Å²) in [5.41, 5.74) is -1.55. The van der Waals surface area contributed by atoms with E-state index in [4.69, 9.17) is 0 Å². The molecule has 0 aromatic carbocycles. The number of Topliss-reactive ketones (excluding diaryl/α,β-unsaturated/α-hetero) is 3. The molecule has 37 heavy (non-hydrogen) atoms. The van der Waals surface area contributed by atoms with Crippen molar-refractivity contribution in [3.63, 3.8) is 0 Å². The van der Waals surface area contributed by atoms with E-state index in [-0.39, 0.29) is 60.8 Å².